The molecule has 0 aliphatic heterocycles. The molecule has 2 aromatic heterocycles. The Hall–Kier alpha value is -2.56. The number of anilines is 1. The first-order valence-electron chi connectivity index (χ1n) is 12.0. The molecule has 1 amide bonds. The van der Waals surface area contributed by atoms with Crippen molar-refractivity contribution in [2.45, 2.75) is 76.3 Å². The Balaban J connectivity index is 0.000000429. The summed E-state index contributed by atoms with van der Waals surface area (Å²) in [6.07, 6.45) is 11.1. The summed E-state index contributed by atoms with van der Waals surface area (Å²) in [4.78, 5) is 21.2. The van der Waals surface area contributed by atoms with Gasteiger partial charge in [0.2, 0.25) is 0 Å². The number of hydrogen-bond acceptors (Lipinski definition) is 9. The standard InChI is InChI=1S/C21H26N4OS2.C4H9NO2/c1-2-25-28-18-12-15(13-24-21-22-10-11-26-21)8-9-17(18)19-14-23-20(27-19)16-6-4-3-5-7-16;1-3(2)7-4(5)6/h8-12,14,16,25H,2-7,13H2,1H3,(H,22,24);3H,1-2H3,(H2,5,6). The summed E-state index contributed by atoms with van der Waals surface area (Å²) in [6.45, 7) is 7.19. The highest BCUT2D eigenvalue weighted by Crippen LogP contribution is 2.40. The van der Waals surface area contributed by atoms with Gasteiger partial charge in [-0.1, -0.05) is 38.3 Å². The van der Waals surface area contributed by atoms with Gasteiger partial charge in [-0.25, -0.2) is 14.8 Å². The Bertz CT molecular complexity index is 1030. The van der Waals surface area contributed by atoms with Crippen molar-refractivity contribution in [3.63, 3.8) is 0 Å². The van der Waals surface area contributed by atoms with Crippen molar-refractivity contribution >= 4 is 35.4 Å². The van der Waals surface area contributed by atoms with Gasteiger partial charge in [-0.2, -0.15) is 0 Å². The lowest BCUT2D eigenvalue weighted by atomic mass is 9.90. The minimum absolute atomic E-state index is 0.0995. The Labute approximate surface area is 215 Å². The predicted molar refractivity (Wildman–Crippen MR) is 143 cm³/mol. The van der Waals surface area contributed by atoms with Gasteiger partial charge in [0.15, 0.2) is 0 Å². The second-order valence-electron chi connectivity index (χ2n) is 8.50. The molecule has 2 heterocycles. The van der Waals surface area contributed by atoms with E-state index in [9.17, 15) is 4.79 Å². The molecule has 35 heavy (non-hydrogen) atoms. The monoisotopic (exact) mass is 517 g/mol. The fourth-order valence-electron chi connectivity index (χ4n) is 3.79. The number of aromatic nitrogens is 2. The molecule has 8 nitrogen and oxygen atoms in total. The predicted octanol–water partition coefficient (Wildman–Crippen LogP) is 6.56. The Kier molecular flexibility index (Phi) is 10.9. The number of primary amides is 1. The van der Waals surface area contributed by atoms with E-state index in [2.05, 4.69) is 56.8 Å². The quantitative estimate of drug-likeness (QED) is 0.273. The second-order valence-corrected chi connectivity index (χ2v) is 10.5. The maximum absolute atomic E-state index is 9.81. The van der Waals surface area contributed by atoms with Gasteiger partial charge in [0.25, 0.3) is 6.01 Å². The summed E-state index contributed by atoms with van der Waals surface area (Å²) in [7, 11) is 0. The van der Waals surface area contributed by atoms with Crippen molar-refractivity contribution in [3.05, 3.63) is 47.4 Å². The summed E-state index contributed by atoms with van der Waals surface area (Å²) in [5.41, 5.74) is 7.08. The molecule has 1 aromatic carbocycles. The Morgan fingerprint density at radius 1 is 1.29 bits per heavy atom. The molecule has 1 aliphatic rings. The third kappa shape index (κ3) is 8.87. The van der Waals surface area contributed by atoms with E-state index in [-0.39, 0.29) is 6.10 Å². The number of benzene rings is 1. The zero-order valence-corrected chi connectivity index (χ0v) is 22.2. The van der Waals surface area contributed by atoms with Crippen molar-refractivity contribution < 1.29 is 13.9 Å². The third-order valence-electron chi connectivity index (χ3n) is 5.34. The number of oxazole rings is 1. The van der Waals surface area contributed by atoms with E-state index in [1.165, 1.54) is 58.0 Å². The Morgan fingerprint density at radius 2 is 2.09 bits per heavy atom. The zero-order chi connectivity index (χ0) is 25.0. The first-order valence-corrected chi connectivity index (χ1v) is 13.7. The molecule has 4 rings (SSSR count). The van der Waals surface area contributed by atoms with Crippen LogP contribution in [0.2, 0.25) is 0 Å². The van der Waals surface area contributed by atoms with Crippen LogP contribution in [-0.2, 0) is 11.3 Å². The van der Waals surface area contributed by atoms with Crippen LogP contribution in [0.15, 0.2) is 46.2 Å². The van der Waals surface area contributed by atoms with Crippen LogP contribution >= 0.6 is 23.3 Å². The molecular formula is C25H35N5O3S2. The number of carbonyl (C=O) groups excluding carboxylic acids is 1. The number of amides is 1. The van der Waals surface area contributed by atoms with Crippen LogP contribution < -0.4 is 15.8 Å². The highest BCUT2D eigenvalue weighted by atomic mass is 32.2. The molecule has 0 unspecified atom stereocenters. The molecule has 3 aromatic rings. The molecule has 0 saturated heterocycles. The summed E-state index contributed by atoms with van der Waals surface area (Å²) >= 11 is 3.55. The zero-order valence-electron chi connectivity index (χ0n) is 20.6. The minimum Gasteiger partial charge on any atom is -0.447 e. The van der Waals surface area contributed by atoms with Gasteiger partial charge in [-0.05, 0) is 50.3 Å². The fraction of sp³-hybridized carbons (Fsp3) is 0.480. The smallest absolute Gasteiger partial charge is 0.404 e. The van der Waals surface area contributed by atoms with E-state index in [0.29, 0.717) is 18.5 Å². The summed E-state index contributed by atoms with van der Waals surface area (Å²) in [5, 5.41) is 4.52. The molecule has 1 fully saturated rings. The average Bonchev–Trinajstić information content (AvgIpc) is 3.54. The summed E-state index contributed by atoms with van der Waals surface area (Å²) in [5.74, 6) is 0.654. The molecule has 10 heteroatoms. The van der Waals surface area contributed by atoms with Gasteiger partial charge < -0.3 is 20.2 Å². The van der Waals surface area contributed by atoms with Crippen LogP contribution in [-0.4, -0.2) is 28.7 Å². The van der Waals surface area contributed by atoms with Crippen molar-refractivity contribution in [3.8, 4) is 10.4 Å². The second kappa shape index (κ2) is 14.1. The van der Waals surface area contributed by atoms with Crippen molar-refractivity contribution in [1.29, 1.82) is 0 Å². The highest BCUT2D eigenvalue weighted by molar-refractivity contribution is 7.97. The van der Waals surface area contributed by atoms with E-state index in [0.717, 1.165) is 6.54 Å². The average molecular weight is 518 g/mol. The number of nitrogens with one attached hydrogen (secondary N) is 2. The number of nitrogens with zero attached hydrogens (tertiary/aromatic N) is 2. The first kappa shape index (κ1) is 27.0. The van der Waals surface area contributed by atoms with E-state index >= 15 is 0 Å². The van der Waals surface area contributed by atoms with Crippen LogP contribution in [0.1, 0.15) is 69.4 Å². The van der Waals surface area contributed by atoms with Gasteiger partial charge in [0.1, 0.15) is 6.26 Å². The largest absolute Gasteiger partial charge is 0.447 e. The van der Waals surface area contributed by atoms with Crippen LogP contribution in [0.4, 0.5) is 10.8 Å². The molecular weight excluding hydrogens is 482 g/mol. The first-order chi connectivity index (χ1) is 17.0. The van der Waals surface area contributed by atoms with Crippen LogP contribution in [0, 0.1) is 0 Å². The number of hydrogen-bond donors (Lipinski definition) is 3. The lowest BCUT2D eigenvalue weighted by molar-refractivity contribution is 0.125. The minimum atomic E-state index is -0.713. The number of rotatable bonds is 9. The van der Waals surface area contributed by atoms with Gasteiger partial charge >= 0.3 is 6.09 Å². The maximum Gasteiger partial charge on any atom is 0.404 e. The SMILES string of the molecule is CC(C)OC(N)=O.CCNSc1cc(CNc2ncco2)ccc1-c1cnc(C2CCCCC2)s1. The summed E-state index contributed by atoms with van der Waals surface area (Å²) in [6, 6.07) is 7.16. The Morgan fingerprint density at radius 3 is 2.71 bits per heavy atom. The van der Waals surface area contributed by atoms with E-state index in [4.69, 9.17) is 9.40 Å². The molecule has 1 saturated carbocycles. The lowest BCUT2D eigenvalue weighted by Gasteiger charge is -2.18. The summed E-state index contributed by atoms with van der Waals surface area (Å²) < 4.78 is 13.0. The number of ether oxygens (including phenoxy) is 1. The van der Waals surface area contributed by atoms with Crippen LogP contribution in [0.3, 0.4) is 0 Å². The molecule has 0 atom stereocenters. The van der Waals surface area contributed by atoms with E-state index in [1.807, 2.05) is 11.3 Å². The molecule has 0 bridgehead atoms. The highest BCUT2D eigenvalue weighted by Gasteiger charge is 2.20. The maximum atomic E-state index is 9.81. The van der Waals surface area contributed by atoms with Crippen LogP contribution in [0.25, 0.3) is 10.4 Å². The third-order valence-corrected chi connectivity index (χ3v) is 7.53. The van der Waals surface area contributed by atoms with Crippen molar-refractivity contribution in [2.24, 2.45) is 5.73 Å². The lowest BCUT2D eigenvalue weighted by Crippen LogP contribution is -2.17. The topological polar surface area (TPSA) is 115 Å². The number of nitrogens with two attached hydrogens (primary N) is 1. The molecule has 0 spiro atoms. The fourth-order valence-corrected chi connectivity index (χ4v) is 5.77. The number of carbonyl (C=O) groups is 1. The van der Waals surface area contributed by atoms with Gasteiger partial charge in [0, 0.05) is 35.7 Å². The molecule has 190 valence electrons. The van der Waals surface area contributed by atoms with Crippen LogP contribution in [0.5, 0.6) is 0 Å². The van der Waals surface area contributed by atoms with E-state index < -0.39 is 6.09 Å². The number of thiazole rings is 1. The normalized spacial score (nSPS) is 13.8. The van der Waals surface area contributed by atoms with E-state index in [1.54, 1.807) is 38.3 Å². The molecule has 1 aliphatic carbocycles. The van der Waals surface area contributed by atoms with Crippen molar-refractivity contribution in [2.75, 3.05) is 11.9 Å². The van der Waals surface area contributed by atoms with Gasteiger partial charge in [0.05, 0.1) is 22.2 Å². The van der Waals surface area contributed by atoms with Gasteiger partial charge in [-0.15, -0.1) is 11.3 Å². The molecule has 0 radical (unpaired) electrons. The van der Waals surface area contributed by atoms with Crippen molar-refractivity contribution in [1.82, 2.24) is 14.7 Å². The van der Waals surface area contributed by atoms with Gasteiger partial charge in [-0.3, -0.25) is 4.72 Å². The molecule has 4 N–H and O–H groups in total.